The predicted molar refractivity (Wildman–Crippen MR) is 271 cm³/mol. The summed E-state index contributed by atoms with van der Waals surface area (Å²) in [7, 11) is 5.92. The summed E-state index contributed by atoms with van der Waals surface area (Å²) in [5, 5.41) is 9.61. The van der Waals surface area contributed by atoms with E-state index in [9.17, 15) is 19.5 Å². The second-order valence-electron chi connectivity index (χ2n) is 17.0. The molecule has 0 aromatic rings. The molecule has 0 aliphatic rings. The molecule has 0 bridgehead atoms. The van der Waals surface area contributed by atoms with Crippen molar-refractivity contribution in [2.24, 2.45) is 0 Å². The van der Waals surface area contributed by atoms with Crippen molar-refractivity contribution in [2.45, 2.75) is 167 Å². The molecule has 0 aliphatic carbocycles. The zero-order chi connectivity index (χ0) is 47.7. The summed E-state index contributed by atoms with van der Waals surface area (Å²) in [4.78, 5) is 36.9. The lowest BCUT2D eigenvalue weighted by Gasteiger charge is -2.25. The smallest absolute Gasteiger partial charge is 0.361 e. The summed E-state index contributed by atoms with van der Waals surface area (Å²) < 4.78 is 22.6. The van der Waals surface area contributed by atoms with Crippen LogP contribution < -0.4 is 0 Å². The third-order valence-corrected chi connectivity index (χ3v) is 9.73. The third kappa shape index (κ3) is 47.5. The van der Waals surface area contributed by atoms with E-state index in [1.807, 2.05) is 21.1 Å². The number of rotatable bonds is 43. The van der Waals surface area contributed by atoms with Crippen LogP contribution in [0.1, 0.15) is 155 Å². The number of nitrogens with zero attached hydrogens (tertiary/aromatic N) is 1. The number of carbonyl (C=O) groups is 3. The van der Waals surface area contributed by atoms with Gasteiger partial charge in [0.2, 0.25) is 0 Å². The van der Waals surface area contributed by atoms with Crippen LogP contribution in [0.2, 0.25) is 0 Å². The number of esters is 2. The van der Waals surface area contributed by atoms with Gasteiger partial charge in [-0.1, -0.05) is 174 Å². The zero-order valence-corrected chi connectivity index (χ0v) is 41.3. The van der Waals surface area contributed by atoms with E-state index in [0.29, 0.717) is 17.4 Å². The van der Waals surface area contributed by atoms with E-state index < -0.39 is 24.3 Å². The fourth-order valence-corrected chi connectivity index (χ4v) is 5.92. The van der Waals surface area contributed by atoms with E-state index in [4.69, 9.17) is 18.9 Å². The van der Waals surface area contributed by atoms with Crippen LogP contribution in [0.3, 0.4) is 0 Å². The normalized spacial score (nSPS) is 13.9. The summed E-state index contributed by atoms with van der Waals surface area (Å²) in [5.41, 5.74) is 0. The highest BCUT2D eigenvalue weighted by atomic mass is 16.7. The van der Waals surface area contributed by atoms with Gasteiger partial charge in [-0.2, -0.15) is 0 Å². The molecule has 0 saturated carbocycles. The Morgan fingerprint density at radius 1 is 0.477 bits per heavy atom. The van der Waals surface area contributed by atoms with Gasteiger partial charge in [0.15, 0.2) is 6.10 Å². The number of unbranched alkanes of at least 4 members (excludes halogenated alkanes) is 8. The van der Waals surface area contributed by atoms with E-state index in [0.717, 1.165) is 96.3 Å². The van der Waals surface area contributed by atoms with Gasteiger partial charge in [-0.25, -0.2) is 4.79 Å². The Balaban J connectivity index is 4.30. The van der Waals surface area contributed by atoms with E-state index in [2.05, 4.69) is 135 Å². The van der Waals surface area contributed by atoms with E-state index in [1.165, 1.54) is 25.7 Å². The molecule has 0 heterocycles. The fourth-order valence-electron chi connectivity index (χ4n) is 5.92. The molecule has 1 N–H and O–H groups in total. The number of hydrogen-bond acceptors (Lipinski definition) is 7. The monoisotopic (exact) mass is 905 g/mol. The molecule has 366 valence electrons. The predicted octanol–water partition coefficient (Wildman–Crippen LogP) is 13.8. The van der Waals surface area contributed by atoms with Gasteiger partial charge in [0, 0.05) is 12.8 Å². The van der Waals surface area contributed by atoms with Gasteiger partial charge in [-0.3, -0.25) is 9.59 Å². The molecule has 0 spiro atoms. The Labute approximate surface area is 396 Å². The lowest BCUT2D eigenvalue weighted by atomic mass is 10.1. The molecular formula is C56H90NO8+. The first-order chi connectivity index (χ1) is 31.6. The van der Waals surface area contributed by atoms with Gasteiger partial charge >= 0.3 is 17.9 Å². The summed E-state index contributed by atoms with van der Waals surface area (Å²) in [6, 6.07) is 0. The highest BCUT2D eigenvalue weighted by molar-refractivity contribution is 5.71. The van der Waals surface area contributed by atoms with E-state index >= 15 is 0 Å². The van der Waals surface area contributed by atoms with Crippen molar-refractivity contribution in [3.63, 3.8) is 0 Å². The second-order valence-corrected chi connectivity index (χ2v) is 17.0. The Morgan fingerprint density at radius 2 is 0.877 bits per heavy atom. The molecule has 9 nitrogen and oxygen atoms in total. The number of carboxylic acids is 1. The van der Waals surface area contributed by atoms with Crippen LogP contribution >= 0.6 is 0 Å². The van der Waals surface area contributed by atoms with Gasteiger partial charge in [0.05, 0.1) is 34.4 Å². The molecule has 0 radical (unpaired) electrons. The summed E-state index contributed by atoms with van der Waals surface area (Å²) in [5.74, 6) is -2.09. The lowest BCUT2D eigenvalue weighted by Crippen LogP contribution is -2.40. The first kappa shape index (κ1) is 60.7. The first-order valence-corrected chi connectivity index (χ1v) is 24.7. The molecule has 0 aromatic carbocycles. The number of carbonyl (C=O) groups excluding carboxylic acids is 2. The molecule has 0 aliphatic heterocycles. The number of quaternary nitrogens is 1. The molecule has 2 unspecified atom stereocenters. The summed E-state index contributed by atoms with van der Waals surface area (Å²) in [6.07, 6.45) is 61.6. The quantitative estimate of drug-likeness (QED) is 0.0212. The molecule has 0 rings (SSSR count). The number of carboxylic acid groups (broad SMARTS) is 1. The van der Waals surface area contributed by atoms with Crippen LogP contribution in [0, 0.1) is 0 Å². The fraction of sp³-hybridized carbons (Fsp3) is 0.589. The number of ether oxygens (including phenoxy) is 4. The maximum atomic E-state index is 12.7. The van der Waals surface area contributed by atoms with Crippen molar-refractivity contribution in [3.8, 4) is 0 Å². The maximum Gasteiger partial charge on any atom is 0.361 e. The minimum Gasteiger partial charge on any atom is -0.477 e. The average molecular weight is 905 g/mol. The average Bonchev–Trinajstić information content (AvgIpc) is 3.27. The second kappa shape index (κ2) is 46.2. The van der Waals surface area contributed by atoms with Crippen molar-refractivity contribution >= 4 is 17.9 Å². The molecule has 0 saturated heterocycles. The van der Waals surface area contributed by atoms with Gasteiger partial charge in [-0.05, 0) is 89.9 Å². The molecule has 0 fully saturated rings. The molecule has 65 heavy (non-hydrogen) atoms. The summed E-state index contributed by atoms with van der Waals surface area (Å²) >= 11 is 0. The Kier molecular flexibility index (Phi) is 43.2. The molecule has 9 heteroatoms. The van der Waals surface area contributed by atoms with Crippen LogP contribution in [0.5, 0.6) is 0 Å². The molecular weight excluding hydrogens is 815 g/mol. The Hall–Kier alpha value is -4.31. The molecule has 0 amide bonds. The first-order valence-electron chi connectivity index (χ1n) is 24.7. The number of allylic oxidation sites excluding steroid dienone is 20. The summed E-state index contributed by atoms with van der Waals surface area (Å²) in [6.45, 7) is 4.61. The van der Waals surface area contributed by atoms with Gasteiger partial charge in [0.25, 0.3) is 6.29 Å². The minimum absolute atomic E-state index is 0.173. The Morgan fingerprint density at radius 3 is 1.31 bits per heavy atom. The zero-order valence-electron chi connectivity index (χ0n) is 41.3. The Bertz CT molecular complexity index is 1470. The van der Waals surface area contributed by atoms with Crippen LogP contribution in [0.25, 0.3) is 0 Å². The maximum absolute atomic E-state index is 12.7. The SMILES string of the molecule is CC/C=C\C/C=C\C/C=C\C/C=C\C/C=C\C/C=C\C/C=C\C/C=C\C/C=C\C/C=C\CCCCC(=O)OC(COC(=O)CCCCCCCCC)COC(OCC[N+](C)(C)C)C(=O)O. The van der Waals surface area contributed by atoms with Crippen LogP contribution in [0.4, 0.5) is 0 Å². The lowest BCUT2D eigenvalue weighted by molar-refractivity contribution is -0.870. The van der Waals surface area contributed by atoms with Crippen molar-refractivity contribution in [2.75, 3.05) is 47.5 Å². The van der Waals surface area contributed by atoms with Gasteiger partial charge < -0.3 is 28.5 Å². The molecule has 0 aromatic heterocycles. The van der Waals surface area contributed by atoms with Crippen LogP contribution in [-0.4, -0.2) is 87.4 Å². The molecule has 2 atom stereocenters. The third-order valence-electron chi connectivity index (χ3n) is 9.73. The number of likely N-dealkylation sites (N-methyl/N-ethyl adjacent to an activating group) is 1. The number of hydrogen-bond donors (Lipinski definition) is 1. The topological polar surface area (TPSA) is 108 Å². The highest BCUT2D eigenvalue weighted by Gasteiger charge is 2.25. The van der Waals surface area contributed by atoms with Crippen molar-refractivity contribution < 1.29 is 42.9 Å². The van der Waals surface area contributed by atoms with E-state index in [1.54, 1.807) is 0 Å². The van der Waals surface area contributed by atoms with Crippen molar-refractivity contribution in [1.29, 1.82) is 0 Å². The van der Waals surface area contributed by atoms with Crippen LogP contribution in [0.15, 0.2) is 122 Å². The van der Waals surface area contributed by atoms with Crippen molar-refractivity contribution in [3.05, 3.63) is 122 Å². The van der Waals surface area contributed by atoms with Gasteiger partial charge in [-0.15, -0.1) is 0 Å². The minimum atomic E-state index is -1.53. The van der Waals surface area contributed by atoms with E-state index in [-0.39, 0.29) is 38.6 Å². The number of aliphatic carboxylic acids is 1. The highest BCUT2D eigenvalue weighted by Crippen LogP contribution is 2.11. The largest absolute Gasteiger partial charge is 0.477 e. The standard InChI is InChI=1S/C56H89NO8/c1-6-8-10-12-14-15-16-17-18-19-20-21-22-23-24-25-26-27-28-29-30-31-32-33-34-35-36-37-38-39-41-43-45-47-54(59)65-52(50-63-53(58)46-44-42-40-13-11-9-7-2)51-64-56(55(60)61)62-49-48-57(3,4)5/h8,10,14-15,17-18,20-21,23-24,26-27,29-30,32-33,35-36,38-39,52,56H,6-7,9,11-13,16,19,22,25,28,31,34,37,40-51H2,1-5H3/p+1/b10-8-,15-14-,18-17-,21-20-,24-23-,27-26-,30-29-,33-32-,36-35-,39-38-. The van der Waals surface area contributed by atoms with Crippen LogP contribution in [-0.2, 0) is 33.3 Å². The van der Waals surface area contributed by atoms with Crippen molar-refractivity contribution in [1.82, 2.24) is 0 Å². The van der Waals surface area contributed by atoms with Gasteiger partial charge in [0.1, 0.15) is 13.2 Å².